The number of nitrogens with zero attached hydrogens (tertiary/aromatic N) is 1. The molecule has 0 radical (unpaired) electrons. The Hall–Kier alpha value is -0.0800. The molecule has 0 spiro atoms. The smallest absolute Gasteiger partial charge is 0.0193 e. The van der Waals surface area contributed by atoms with Crippen LogP contribution in [0.3, 0.4) is 0 Å². The average Bonchev–Trinajstić information content (AvgIpc) is 2.33. The Morgan fingerprint density at radius 2 is 1.94 bits per heavy atom. The lowest BCUT2D eigenvalue weighted by Crippen LogP contribution is -2.57. The third-order valence-electron chi connectivity index (χ3n) is 4.92. The molecule has 2 fully saturated rings. The average molecular weight is 238 g/mol. The first-order valence-corrected chi connectivity index (χ1v) is 7.60. The van der Waals surface area contributed by atoms with E-state index in [-0.39, 0.29) is 0 Å². The second-order valence-corrected chi connectivity index (χ2v) is 6.66. The molecule has 0 aromatic heterocycles. The molecule has 2 rings (SSSR count). The van der Waals surface area contributed by atoms with Crippen LogP contribution in [0, 0.1) is 5.41 Å². The number of hydrogen-bond donors (Lipinski definition) is 1. The minimum absolute atomic E-state index is 0.599. The van der Waals surface area contributed by atoms with Crippen LogP contribution in [0.25, 0.3) is 0 Å². The molecule has 0 aromatic rings. The molecule has 0 amide bonds. The first-order chi connectivity index (χ1) is 8.13. The van der Waals surface area contributed by atoms with E-state index in [2.05, 4.69) is 31.0 Å². The standard InChI is InChI=1S/C15H30N2/c1-4-14-11-17(13(2)10-16-14)12-15(3)8-6-5-7-9-15/h13-14,16H,4-12H2,1-3H3. The SMILES string of the molecule is CCC1CN(CC2(C)CCCCC2)C(C)CN1. The van der Waals surface area contributed by atoms with Crippen molar-refractivity contribution in [3.63, 3.8) is 0 Å². The molecule has 0 aromatic carbocycles. The molecule has 2 atom stereocenters. The number of piperazine rings is 1. The van der Waals surface area contributed by atoms with Crippen molar-refractivity contribution in [1.29, 1.82) is 0 Å². The number of rotatable bonds is 3. The first-order valence-electron chi connectivity index (χ1n) is 7.60. The summed E-state index contributed by atoms with van der Waals surface area (Å²) in [6.45, 7) is 11.0. The van der Waals surface area contributed by atoms with Gasteiger partial charge in [-0.15, -0.1) is 0 Å². The highest BCUT2D eigenvalue weighted by atomic mass is 15.2. The summed E-state index contributed by atoms with van der Waals surface area (Å²) < 4.78 is 0. The van der Waals surface area contributed by atoms with Crippen molar-refractivity contribution in [3.05, 3.63) is 0 Å². The summed E-state index contributed by atoms with van der Waals surface area (Å²) in [5, 5.41) is 3.66. The molecule has 1 heterocycles. The minimum atomic E-state index is 0.599. The van der Waals surface area contributed by atoms with E-state index in [1.807, 2.05) is 0 Å². The fraction of sp³-hybridized carbons (Fsp3) is 1.00. The fourth-order valence-electron chi connectivity index (χ4n) is 3.54. The molecule has 2 unspecified atom stereocenters. The molecular weight excluding hydrogens is 208 g/mol. The van der Waals surface area contributed by atoms with Gasteiger partial charge in [0.1, 0.15) is 0 Å². The summed E-state index contributed by atoms with van der Waals surface area (Å²) in [6.07, 6.45) is 8.52. The maximum Gasteiger partial charge on any atom is 0.0193 e. The van der Waals surface area contributed by atoms with E-state index >= 15 is 0 Å². The van der Waals surface area contributed by atoms with Crippen LogP contribution in [-0.4, -0.2) is 36.6 Å². The van der Waals surface area contributed by atoms with Crippen LogP contribution in [0.5, 0.6) is 0 Å². The van der Waals surface area contributed by atoms with Gasteiger partial charge in [0.05, 0.1) is 0 Å². The Labute approximate surface area is 107 Å². The van der Waals surface area contributed by atoms with Crippen LogP contribution in [0.4, 0.5) is 0 Å². The third kappa shape index (κ3) is 3.45. The Morgan fingerprint density at radius 3 is 2.59 bits per heavy atom. The first kappa shape index (κ1) is 13.4. The van der Waals surface area contributed by atoms with E-state index in [4.69, 9.17) is 0 Å². The summed E-state index contributed by atoms with van der Waals surface area (Å²) >= 11 is 0. The van der Waals surface area contributed by atoms with Gasteiger partial charge in [0.25, 0.3) is 0 Å². The summed E-state index contributed by atoms with van der Waals surface area (Å²) in [5.41, 5.74) is 0.599. The van der Waals surface area contributed by atoms with Crippen LogP contribution in [0.2, 0.25) is 0 Å². The largest absolute Gasteiger partial charge is 0.311 e. The predicted octanol–water partition coefficient (Wildman–Crippen LogP) is 3.03. The van der Waals surface area contributed by atoms with Gasteiger partial charge >= 0.3 is 0 Å². The van der Waals surface area contributed by atoms with Crippen molar-refractivity contribution in [2.75, 3.05) is 19.6 Å². The zero-order chi connectivity index (χ0) is 12.3. The maximum absolute atomic E-state index is 3.66. The highest BCUT2D eigenvalue weighted by molar-refractivity contribution is 4.89. The Morgan fingerprint density at radius 1 is 1.24 bits per heavy atom. The molecule has 1 saturated heterocycles. The molecule has 1 saturated carbocycles. The maximum atomic E-state index is 3.66. The second-order valence-electron chi connectivity index (χ2n) is 6.66. The molecule has 2 heteroatoms. The Bertz CT molecular complexity index is 233. The van der Waals surface area contributed by atoms with Gasteiger partial charge in [0.2, 0.25) is 0 Å². The van der Waals surface area contributed by atoms with Crippen molar-refractivity contribution in [2.45, 2.75) is 71.4 Å². The highest BCUT2D eigenvalue weighted by Crippen LogP contribution is 2.37. The van der Waals surface area contributed by atoms with Crippen LogP contribution < -0.4 is 5.32 Å². The normalized spacial score (nSPS) is 34.8. The highest BCUT2D eigenvalue weighted by Gasteiger charge is 2.33. The summed E-state index contributed by atoms with van der Waals surface area (Å²) in [6, 6.07) is 1.44. The summed E-state index contributed by atoms with van der Waals surface area (Å²) in [4.78, 5) is 2.75. The molecule has 2 aliphatic rings. The van der Waals surface area contributed by atoms with Gasteiger partial charge < -0.3 is 5.32 Å². The van der Waals surface area contributed by atoms with Crippen LogP contribution >= 0.6 is 0 Å². The lowest BCUT2D eigenvalue weighted by Gasteiger charge is -2.45. The van der Waals surface area contributed by atoms with Crippen molar-refractivity contribution in [2.24, 2.45) is 5.41 Å². The van der Waals surface area contributed by atoms with E-state index in [0.29, 0.717) is 5.41 Å². The molecular formula is C15H30N2. The minimum Gasteiger partial charge on any atom is -0.311 e. The van der Waals surface area contributed by atoms with E-state index in [1.165, 1.54) is 58.2 Å². The number of hydrogen-bond acceptors (Lipinski definition) is 2. The van der Waals surface area contributed by atoms with Gasteiger partial charge in [-0.2, -0.15) is 0 Å². The Kier molecular flexibility index (Phi) is 4.48. The van der Waals surface area contributed by atoms with Crippen LogP contribution in [0.1, 0.15) is 59.3 Å². The van der Waals surface area contributed by atoms with Gasteiger partial charge in [-0.3, -0.25) is 4.90 Å². The zero-order valence-corrected chi connectivity index (χ0v) is 12.0. The summed E-state index contributed by atoms with van der Waals surface area (Å²) in [7, 11) is 0. The van der Waals surface area contributed by atoms with Crippen molar-refractivity contribution in [3.8, 4) is 0 Å². The van der Waals surface area contributed by atoms with Gasteiger partial charge in [0.15, 0.2) is 0 Å². The third-order valence-corrected chi connectivity index (χ3v) is 4.92. The van der Waals surface area contributed by atoms with Crippen LogP contribution in [-0.2, 0) is 0 Å². The molecule has 100 valence electrons. The van der Waals surface area contributed by atoms with E-state index < -0.39 is 0 Å². The molecule has 1 aliphatic heterocycles. The fourth-order valence-corrected chi connectivity index (χ4v) is 3.54. The van der Waals surface area contributed by atoms with E-state index in [1.54, 1.807) is 0 Å². The summed E-state index contributed by atoms with van der Waals surface area (Å²) in [5.74, 6) is 0. The lowest BCUT2D eigenvalue weighted by atomic mass is 9.75. The molecule has 17 heavy (non-hydrogen) atoms. The van der Waals surface area contributed by atoms with Gasteiger partial charge in [-0.1, -0.05) is 33.1 Å². The zero-order valence-electron chi connectivity index (χ0n) is 12.0. The quantitative estimate of drug-likeness (QED) is 0.813. The van der Waals surface area contributed by atoms with Gasteiger partial charge in [0, 0.05) is 31.7 Å². The molecule has 0 bridgehead atoms. The van der Waals surface area contributed by atoms with Crippen LogP contribution in [0.15, 0.2) is 0 Å². The van der Waals surface area contributed by atoms with E-state index in [9.17, 15) is 0 Å². The Balaban J connectivity index is 1.91. The molecule has 1 N–H and O–H groups in total. The van der Waals surface area contributed by atoms with Crippen molar-refractivity contribution >= 4 is 0 Å². The monoisotopic (exact) mass is 238 g/mol. The van der Waals surface area contributed by atoms with Gasteiger partial charge in [-0.05, 0) is 31.6 Å². The van der Waals surface area contributed by atoms with E-state index in [0.717, 1.165) is 12.1 Å². The topological polar surface area (TPSA) is 15.3 Å². The second kappa shape index (κ2) is 5.71. The number of nitrogens with one attached hydrogen (secondary N) is 1. The predicted molar refractivity (Wildman–Crippen MR) is 74.3 cm³/mol. The van der Waals surface area contributed by atoms with Crippen molar-refractivity contribution in [1.82, 2.24) is 10.2 Å². The van der Waals surface area contributed by atoms with Crippen molar-refractivity contribution < 1.29 is 0 Å². The molecule has 1 aliphatic carbocycles. The van der Waals surface area contributed by atoms with Gasteiger partial charge in [-0.25, -0.2) is 0 Å². The molecule has 2 nitrogen and oxygen atoms in total. The lowest BCUT2D eigenvalue weighted by molar-refractivity contribution is 0.0639.